The third-order valence-corrected chi connectivity index (χ3v) is 0.682. The van der Waals surface area contributed by atoms with E-state index >= 15 is 0 Å². The van der Waals surface area contributed by atoms with Gasteiger partial charge in [-0.25, -0.2) is 11.3 Å². The van der Waals surface area contributed by atoms with E-state index in [0.29, 0.717) is 0 Å². The standard InChI is InChI=1S/CH14N10O5/c1-3-5-6-7-13-9-15-11-16-10-14-8-12-4-2/h3-11H,2H2,1H3. The monoisotopic (exact) mass is 246 g/mol. The van der Waals surface area contributed by atoms with Crippen LogP contribution < -0.4 is 56.1 Å². The predicted octanol–water partition coefficient (Wildman–Crippen LogP) is -5.23. The Kier molecular flexibility index (Phi) is 13.9. The van der Waals surface area contributed by atoms with E-state index in [4.69, 9.17) is 0 Å². The van der Waals surface area contributed by atoms with Gasteiger partial charge in [-0.2, -0.15) is 35.8 Å². The summed E-state index contributed by atoms with van der Waals surface area (Å²) in [4.78, 5) is 21.2. The van der Waals surface area contributed by atoms with Crippen LogP contribution in [0.4, 0.5) is 0 Å². The number of rotatable bonds is 13. The lowest BCUT2D eigenvalue weighted by Gasteiger charge is -2.08. The van der Waals surface area contributed by atoms with Crippen molar-refractivity contribution >= 4 is 0 Å². The summed E-state index contributed by atoms with van der Waals surface area (Å²) >= 11 is 0. The fourth-order valence-corrected chi connectivity index (χ4v) is 0.293. The van der Waals surface area contributed by atoms with Crippen molar-refractivity contribution in [3.05, 3.63) is 0 Å². The van der Waals surface area contributed by atoms with E-state index in [1.807, 2.05) is 16.9 Å². The van der Waals surface area contributed by atoms with E-state index in [-0.39, 0.29) is 0 Å². The van der Waals surface area contributed by atoms with Crippen LogP contribution in [0.15, 0.2) is 0 Å². The Morgan fingerprint density at radius 2 is 1.31 bits per heavy atom. The Morgan fingerprint density at radius 3 is 1.88 bits per heavy atom. The van der Waals surface area contributed by atoms with Crippen LogP contribution in [0.1, 0.15) is 0 Å². The van der Waals surface area contributed by atoms with Gasteiger partial charge >= 0.3 is 0 Å². The number of hydrazine groups is 4. The van der Waals surface area contributed by atoms with Gasteiger partial charge in [-0.1, -0.05) is 5.59 Å². The van der Waals surface area contributed by atoms with Crippen molar-refractivity contribution in [1.82, 2.24) is 50.2 Å². The molecule has 15 heteroatoms. The summed E-state index contributed by atoms with van der Waals surface area (Å²) in [5.74, 6) is 4.69. The Morgan fingerprint density at radius 1 is 0.750 bits per heavy atom. The maximum Gasteiger partial charge on any atom is -0.000111 e. The number of nitrogens with one attached hydrogen (secondary N) is 9. The fraction of sp³-hybridized carbons (Fsp3) is 1.00. The predicted molar refractivity (Wildman–Crippen MR) is 43.8 cm³/mol. The van der Waals surface area contributed by atoms with Gasteiger partial charge in [-0.05, 0) is 29.6 Å². The molecule has 0 aliphatic rings. The first-order chi connectivity index (χ1) is 7.91. The normalized spacial score (nSPS) is 10.9. The quantitative estimate of drug-likeness (QED) is 0.0844. The second kappa shape index (κ2) is 14.4. The maximum atomic E-state index is 4.69. The highest BCUT2D eigenvalue weighted by molar-refractivity contribution is 4.02. The average molecular weight is 246 g/mol. The van der Waals surface area contributed by atoms with E-state index in [2.05, 4.69) is 52.6 Å². The second-order valence-corrected chi connectivity index (χ2v) is 1.56. The fourth-order valence-electron chi connectivity index (χ4n) is 0.293. The highest BCUT2D eigenvalue weighted by atomic mass is 17.2. The van der Waals surface area contributed by atoms with Gasteiger partial charge in [0.25, 0.3) is 0 Å². The van der Waals surface area contributed by atoms with Gasteiger partial charge < -0.3 is 0 Å². The van der Waals surface area contributed by atoms with Gasteiger partial charge in [-0.15, -0.1) is 5.59 Å². The van der Waals surface area contributed by atoms with Crippen molar-refractivity contribution in [2.24, 2.45) is 5.84 Å². The van der Waals surface area contributed by atoms with Crippen LogP contribution >= 0.6 is 0 Å². The molecule has 15 nitrogen and oxygen atoms in total. The largest absolute Gasteiger partial charge is 0.246 e. The summed E-state index contributed by atoms with van der Waals surface area (Å²) < 4.78 is 0. The molecule has 0 unspecified atom stereocenters. The molecular formula is CH14N10O5. The molecule has 0 saturated carbocycles. The smallest absolute Gasteiger partial charge is 0.000111 e. The molecule has 0 aromatic carbocycles. The van der Waals surface area contributed by atoms with Crippen LogP contribution in [0, 0.1) is 0 Å². The maximum absolute atomic E-state index is 4.69. The van der Waals surface area contributed by atoms with Crippen molar-refractivity contribution in [3.8, 4) is 0 Å². The van der Waals surface area contributed by atoms with Crippen LogP contribution in [-0.2, 0) is 24.7 Å². The SMILES string of the molecule is CNNNNONONONONONN. The molecule has 0 aromatic heterocycles. The molecule has 0 spiro atoms. The molecule has 0 amide bonds. The van der Waals surface area contributed by atoms with Crippen molar-refractivity contribution in [2.45, 2.75) is 0 Å². The van der Waals surface area contributed by atoms with Crippen LogP contribution in [0.5, 0.6) is 0 Å². The molecule has 0 atom stereocenters. The van der Waals surface area contributed by atoms with E-state index in [9.17, 15) is 0 Å². The minimum atomic E-state index is 1.64. The molecule has 0 bridgehead atoms. The summed E-state index contributed by atoms with van der Waals surface area (Å²) in [7, 11) is 1.64. The Hall–Kier alpha value is -0.600. The van der Waals surface area contributed by atoms with Crippen molar-refractivity contribution in [3.63, 3.8) is 0 Å². The summed E-state index contributed by atoms with van der Waals surface area (Å²) in [6.07, 6.45) is 0. The first-order valence-corrected chi connectivity index (χ1v) is 3.58. The Balaban J connectivity index is 2.83. The van der Waals surface area contributed by atoms with Crippen LogP contribution in [0.25, 0.3) is 0 Å². The van der Waals surface area contributed by atoms with Crippen molar-refractivity contribution in [1.29, 1.82) is 0 Å². The van der Waals surface area contributed by atoms with Crippen molar-refractivity contribution in [2.75, 3.05) is 7.05 Å². The summed E-state index contributed by atoms with van der Waals surface area (Å²) in [5.41, 5.74) is 18.5. The zero-order chi connectivity index (χ0) is 11.9. The van der Waals surface area contributed by atoms with E-state index in [1.54, 1.807) is 18.3 Å². The molecule has 0 aliphatic carbocycles. The number of hydrogen-bond donors (Lipinski definition) is 10. The molecule has 98 valence electrons. The van der Waals surface area contributed by atoms with Crippen LogP contribution in [0.2, 0.25) is 0 Å². The van der Waals surface area contributed by atoms with Gasteiger partial charge in [0.1, 0.15) is 0 Å². The summed E-state index contributed by atoms with van der Waals surface area (Å²) in [6.45, 7) is 0. The summed E-state index contributed by atoms with van der Waals surface area (Å²) in [6, 6.07) is 0. The zero-order valence-corrected chi connectivity index (χ0v) is 8.12. The molecule has 11 N–H and O–H groups in total. The molecular weight excluding hydrogens is 232 g/mol. The zero-order valence-electron chi connectivity index (χ0n) is 8.12. The first kappa shape index (κ1) is 15.4. The molecule has 0 heterocycles. The molecule has 0 saturated heterocycles. The van der Waals surface area contributed by atoms with Gasteiger partial charge in [0, 0.05) is 0 Å². The minimum Gasteiger partial charge on any atom is -0.246 e. The molecule has 16 heavy (non-hydrogen) atoms. The van der Waals surface area contributed by atoms with Gasteiger partial charge in [0.05, 0.1) is 0 Å². The van der Waals surface area contributed by atoms with Crippen LogP contribution in [0.3, 0.4) is 0 Å². The molecule has 0 aliphatic heterocycles. The number of hydrogen-bond acceptors (Lipinski definition) is 15. The lowest BCUT2D eigenvalue weighted by Crippen LogP contribution is -2.51. The topological polar surface area (TPSA) is 180 Å². The van der Waals surface area contributed by atoms with Crippen molar-refractivity contribution < 1.29 is 24.7 Å². The third kappa shape index (κ3) is 13.4. The lowest BCUT2D eigenvalue weighted by molar-refractivity contribution is -0.386. The van der Waals surface area contributed by atoms with E-state index in [0.717, 1.165) is 0 Å². The molecule has 0 radical (unpaired) electrons. The molecule has 0 rings (SSSR count). The highest BCUT2D eigenvalue weighted by Gasteiger charge is 1.87. The minimum absolute atomic E-state index is 1.64. The van der Waals surface area contributed by atoms with Crippen LogP contribution in [-0.4, -0.2) is 7.05 Å². The van der Waals surface area contributed by atoms with Gasteiger partial charge in [0.15, 0.2) is 0 Å². The van der Waals surface area contributed by atoms with E-state index in [1.165, 1.54) is 0 Å². The molecule has 0 aromatic rings. The Bertz CT molecular complexity index is 112. The second-order valence-electron chi connectivity index (χ2n) is 1.56. The Labute approximate surface area is 89.0 Å². The van der Waals surface area contributed by atoms with Gasteiger partial charge in [0.2, 0.25) is 0 Å². The average Bonchev–Trinajstić information content (AvgIpc) is 2.31. The first-order valence-electron chi connectivity index (χ1n) is 3.58. The summed E-state index contributed by atoms with van der Waals surface area (Å²) in [5, 5.41) is 0. The highest BCUT2D eigenvalue weighted by Crippen LogP contribution is 1.59. The lowest BCUT2D eigenvalue weighted by atomic mass is 11.5. The molecule has 0 fully saturated rings. The van der Waals surface area contributed by atoms with E-state index < -0.39 is 0 Å². The third-order valence-electron chi connectivity index (χ3n) is 0.682. The van der Waals surface area contributed by atoms with Gasteiger partial charge in [-0.3, -0.25) is 0 Å². The number of nitrogens with two attached hydrogens (primary N) is 1.